The predicted molar refractivity (Wildman–Crippen MR) is 122 cm³/mol. The topological polar surface area (TPSA) is 137 Å². The molecule has 3 aromatic carbocycles. The summed E-state index contributed by atoms with van der Waals surface area (Å²) in [5.41, 5.74) is 7.01. The average molecular weight is 455 g/mol. The molecule has 3 rings (SSSR count). The van der Waals surface area contributed by atoms with Crippen LogP contribution < -0.4 is 20.5 Å². The van der Waals surface area contributed by atoms with Crippen molar-refractivity contribution in [2.24, 2.45) is 0 Å². The number of rotatable bonds is 9. The van der Waals surface area contributed by atoms with Gasteiger partial charge >= 0.3 is 0 Å². The lowest BCUT2D eigenvalue weighted by Crippen LogP contribution is -2.16. The molecular formula is C22H21N3O6S. The van der Waals surface area contributed by atoms with E-state index in [2.05, 4.69) is 5.32 Å². The van der Waals surface area contributed by atoms with Crippen molar-refractivity contribution >= 4 is 34.7 Å². The van der Waals surface area contributed by atoms with Crippen molar-refractivity contribution in [2.75, 3.05) is 31.4 Å². The van der Waals surface area contributed by atoms with E-state index in [-0.39, 0.29) is 30.2 Å². The molecule has 1 amide bonds. The minimum Gasteiger partial charge on any atom is -0.495 e. The lowest BCUT2D eigenvalue weighted by molar-refractivity contribution is -0.384. The van der Waals surface area contributed by atoms with Crippen molar-refractivity contribution in [3.05, 3.63) is 76.3 Å². The number of benzene rings is 3. The number of ether oxygens (including phenoxy) is 2. The summed E-state index contributed by atoms with van der Waals surface area (Å²) in [7, 11) is 1.48. The summed E-state index contributed by atoms with van der Waals surface area (Å²) in [4.78, 5) is 24.8. The van der Waals surface area contributed by atoms with Crippen molar-refractivity contribution in [3.8, 4) is 11.5 Å². The van der Waals surface area contributed by atoms with Crippen molar-refractivity contribution in [1.82, 2.24) is 0 Å². The van der Waals surface area contributed by atoms with Gasteiger partial charge in [0.1, 0.15) is 18.1 Å². The third-order valence-electron chi connectivity index (χ3n) is 4.34. The molecule has 10 heteroatoms. The van der Waals surface area contributed by atoms with Gasteiger partial charge in [-0.15, -0.1) is 0 Å². The van der Waals surface area contributed by atoms with E-state index in [0.29, 0.717) is 27.0 Å². The van der Waals surface area contributed by atoms with Crippen LogP contribution in [0, 0.1) is 10.1 Å². The van der Waals surface area contributed by atoms with Gasteiger partial charge in [0, 0.05) is 33.7 Å². The zero-order chi connectivity index (χ0) is 23.1. The molecule has 0 aliphatic rings. The standard InChI is InChI=1S/C22H21N3O6S/c1-30-19-10-7-15(31-12-11-26)13-18(19)24-22(27)21-17(23)3-2-4-20(21)32-16-8-5-14(6-9-16)25(28)29/h2-10,13,26H,11-12,23H2,1H3,(H,24,27). The van der Waals surface area contributed by atoms with Crippen LogP contribution in [-0.4, -0.2) is 36.3 Å². The third-order valence-corrected chi connectivity index (χ3v) is 5.41. The molecule has 0 saturated carbocycles. The maximum absolute atomic E-state index is 13.2. The van der Waals surface area contributed by atoms with Crippen molar-refractivity contribution in [2.45, 2.75) is 9.79 Å². The number of anilines is 2. The molecule has 4 N–H and O–H groups in total. The van der Waals surface area contributed by atoms with Crippen LogP contribution in [0.15, 0.2) is 70.5 Å². The molecule has 0 aliphatic carbocycles. The Morgan fingerprint density at radius 1 is 1.19 bits per heavy atom. The fourth-order valence-corrected chi connectivity index (χ4v) is 3.85. The molecule has 166 valence electrons. The van der Waals surface area contributed by atoms with Gasteiger partial charge in [0.15, 0.2) is 0 Å². The van der Waals surface area contributed by atoms with E-state index in [1.54, 1.807) is 48.5 Å². The van der Waals surface area contributed by atoms with Crippen LogP contribution in [0.5, 0.6) is 11.5 Å². The van der Waals surface area contributed by atoms with Crippen LogP contribution in [0.1, 0.15) is 10.4 Å². The summed E-state index contributed by atoms with van der Waals surface area (Å²) in [5, 5.41) is 22.6. The highest BCUT2D eigenvalue weighted by molar-refractivity contribution is 7.99. The van der Waals surface area contributed by atoms with Crippen molar-refractivity contribution in [1.29, 1.82) is 0 Å². The van der Waals surface area contributed by atoms with E-state index < -0.39 is 10.8 Å². The highest BCUT2D eigenvalue weighted by Gasteiger charge is 2.18. The Kier molecular flexibility index (Phi) is 7.53. The van der Waals surface area contributed by atoms with E-state index in [4.69, 9.17) is 20.3 Å². The molecule has 0 bridgehead atoms. The number of methoxy groups -OCH3 is 1. The van der Waals surface area contributed by atoms with Crippen LogP contribution in [0.25, 0.3) is 0 Å². The summed E-state index contributed by atoms with van der Waals surface area (Å²) in [6.07, 6.45) is 0. The minimum atomic E-state index is -0.473. The first-order valence-corrected chi connectivity index (χ1v) is 10.3. The number of nitrogens with zero attached hydrogens (tertiary/aromatic N) is 1. The summed E-state index contributed by atoms with van der Waals surface area (Å²) in [5.74, 6) is 0.426. The number of aliphatic hydroxyl groups is 1. The number of nitrogen functional groups attached to an aromatic ring is 1. The number of nitro groups is 1. The van der Waals surface area contributed by atoms with Gasteiger partial charge in [-0.1, -0.05) is 17.8 Å². The summed E-state index contributed by atoms with van der Waals surface area (Å²) >= 11 is 1.26. The SMILES string of the molecule is COc1ccc(OCCO)cc1NC(=O)c1c(N)cccc1Sc1ccc([N+](=O)[O-])cc1. The lowest BCUT2D eigenvalue weighted by Gasteiger charge is -2.15. The highest BCUT2D eigenvalue weighted by atomic mass is 32.2. The number of amides is 1. The molecule has 0 atom stereocenters. The second-order valence-electron chi connectivity index (χ2n) is 6.46. The summed E-state index contributed by atoms with van der Waals surface area (Å²) in [6, 6.07) is 16.0. The smallest absolute Gasteiger partial charge is 0.269 e. The molecule has 0 saturated heterocycles. The van der Waals surface area contributed by atoms with Gasteiger partial charge in [-0.3, -0.25) is 14.9 Å². The molecular weight excluding hydrogens is 434 g/mol. The molecule has 3 aromatic rings. The second kappa shape index (κ2) is 10.5. The number of hydrogen-bond donors (Lipinski definition) is 3. The Hall–Kier alpha value is -3.76. The quantitative estimate of drug-likeness (QED) is 0.250. The van der Waals surface area contributed by atoms with Gasteiger partial charge in [0.25, 0.3) is 11.6 Å². The number of non-ortho nitro benzene ring substituents is 1. The largest absolute Gasteiger partial charge is 0.495 e. The van der Waals surface area contributed by atoms with E-state index in [0.717, 1.165) is 0 Å². The van der Waals surface area contributed by atoms with Gasteiger partial charge in [-0.05, 0) is 36.4 Å². The van der Waals surface area contributed by atoms with Gasteiger partial charge in [-0.25, -0.2) is 0 Å². The summed E-state index contributed by atoms with van der Waals surface area (Å²) in [6.45, 7) is -0.0289. The predicted octanol–water partition coefficient (Wildman–Crippen LogP) is 3.96. The zero-order valence-corrected chi connectivity index (χ0v) is 17.9. The zero-order valence-electron chi connectivity index (χ0n) is 17.1. The molecule has 0 aliphatic heterocycles. The molecule has 0 spiro atoms. The molecule has 32 heavy (non-hydrogen) atoms. The Balaban J connectivity index is 1.88. The number of carbonyl (C=O) groups is 1. The van der Waals surface area contributed by atoms with E-state index >= 15 is 0 Å². The Morgan fingerprint density at radius 2 is 1.94 bits per heavy atom. The Morgan fingerprint density at radius 3 is 2.59 bits per heavy atom. The monoisotopic (exact) mass is 455 g/mol. The fourth-order valence-electron chi connectivity index (χ4n) is 2.86. The minimum absolute atomic E-state index is 0.0183. The van der Waals surface area contributed by atoms with Gasteiger partial charge in [0.05, 0.1) is 29.9 Å². The van der Waals surface area contributed by atoms with E-state index in [1.165, 1.54) is 31.0 Å². The van der Waals surface area contributed by atoms with Crippen LogP contribution in [0.2, 0.25) is 0 Å². The first-order valence-electron chi connectivity index (χ1n) is 9.46. The average Bonchev–Trinajstić information content (AvgIpc) is 2.78. The summed E-state index contributed by atoms with van der Waals surface area (Å²) < 4.78 is 10.7. The van der Waals surface area contributed by atoms with Crippen LogP contribution in [0.4, 0.5) is 17.1 Å². The highest BCUT2D eigenvalue weighted by Crippen LogP contribution is 2.35. The number of nitrogens with one attached hydrogen (secondary N) is 1. The van der Waals surface area contributed by atoms with Crippen LogP contribution >= 0.6 is 11.8 Å². The second-order valence-corrected chi connectivity index (χ2v) is 7.58. The number of nitro benzene ring substituents is 1. The first-order chi connectivity index (χ1) is 15.4. The molecule has 0 heterocycles. The fraction of sp³-hybridized carbons (Fsp3) is 0.136. The Bertz CT molecular complexity index is 1120. The lowest BCUT2D eigenvalue weighted by atomic mass is 10.1. The first kappa shape index (κ1) is 22.9. The Labute approximate surface area is 188 Å². The molecule has 0 radical (unpaired) electrons. The molecule has 0 fully saturated rings. The number of carbonyl (C=O) groups excluding carboxylic acids is 1. The molecule has 0 unspecified atom stereocenters. The van der Waals surface area contributed by atoms with Gasteiger partial charge in [-0.2, -0.15) is 0 Å². The number of aliphatic hydroxyl groups excluding tert-OH is 1. The van der Waals surface area contributed by atoms with Crippen LogP contribution in [-0.2, 0) is 0 Å². The molecule has 0 aromatic heterocycles. The van der Waals surface area contributed by atoms with E-state index in [1.807, 2.05) is 0 Å². The number of nitrogens with two attached hydrogens (primary N) is 1. The van der Waals surface area contributed by atoms with Gasteiger partial charge < -0.3 is 25.6 Å². The maximum atomic E-state index is 13.2. The normalized spacial score (nSPS) is 10.4. The van der Waals surface area contributed by atoms with Gasteiger partial charge in [0.2, 0.25) is 0 Å². The maximum Gasteiger partial charge on any atom is 0.269 e. The number of hydrogen-bond acceptors (Lipinski definition) is 8. The van der Waals surface area contributed by atoms with E-state index in [9.17, 15) is 14.9 Å². The van der Waals surface area contributed by atoms with Crippen molar-refractivity contribution in [3.63, 3.8) is 0 Å². The third kappa shape index (κ3) is 5.48. The van der Waals surface area contributed by atoms with Crippen LogP contribution in [0.3, 0.4) is 0 Å². The molecule has 9 nitrogen and oxygen atoms in total. The van der Waals surface area contributed by atoms with Crippen molar-refractivity contribution < 1.29 is 24.3 Å².